The van der Waals surface area contributed by atoms with Gasteiger partial charge in [-0.1, -0.05) is 0 Å². The van der Waals surface area contributed by atoms with E-state index in [9.17, 15) is 9.59 Å². The molecule has 0 saturated heterocycles. The molecule has 0 spiro atoms. The first kappa shape index (κ1) is 12.3. The number of aromatic amines is 2. The molecule has 21 heavy (non-hydrogen) atoms. The molecule has 0 radical (unpaired) electrons. The molecule has 106 valence electrons. The summed E-state index contributed by atoms with van der Waals surface area (Å²) in [5, 5.41) is 1.99. The molecule has 0 unspecified atom stereocenters. The largest absolute Gasteiger partial charge is 0.350 e. The lowest BCUT2D eigenvalue weighted by Gasteiger charge is -2.26. The number of nitrogens with zero attached hydrogens (tertiary/aromatic N) is 2. The number of hydrogen-bond donors (Lipinski definition) is 2. The topological polar surface area (TPSA) is 81.8 Å². The minimum Gasteiger partial charge on any atom is -0.350 e. The van der Waals surface area contributed by atoms with Gasteiger partial charge in [-0.3, -0.25) is 9.59 Å². The molecule has 3 aromatic heterocycles. The number of carbonyl (C=O) groups is 1. The zero-order valence-electron chi connectivity index (χ0n) is 11.0. The SMILES string of the molecule is O=C(c1cc2sccc2[nH]1)N1CCc2c(nc[nH]c2=O)C1. The van der Waals surface area contributed by atoms with Gasteiger partial charge >= 0.3 is 0 Å². The number of thiophene rings is 1. The molecule has 0 saturated carbocycles. The van der Waals surface area contributed by atoms with E-state index in [4.69, 9.17) is 0 Å². The Hall–Kier alpha value is -2.41. The van der Waals surface area contributed by atoms with Crippen LogP contribution in [-0.2, 0) is 13.0 Å². The molecule has 1 amide bonds. The van der Waals surface area contributed by atoms with E-state index < -0.39 is 0 Å². The average Bonchev–Trinajstić information content (AvgIpc) is 3.07. The Morgan fingerprint density at radius 3 is 3.19 bits per heavy atom. The molecule has 0 fully saturated rings. The number of hydrogen-bond acceptors (Lipinski definition) is 4. The van der Waals surface area contributed by atoms with Crippen molar-refractivity contribution in [1.29, 1.82) is 0 Å². The number of amides is 1. The van der Waals surface area contributed by atoms with Crippen LogP contribution >= 0.6 is 11.3 Å². The molecule has 1 aliphatic rings. The molecule has 0 atom stereocenters. The van der Waals surface area contributed by atoms with Crippen molar-refractivity contribution in [3.8, 4) is 0 Å². The number of carbonyl (C=O) groups excluding carboxylic acids is 1. The van der Waals surface area contributed by atoms with Crippen LogP contribution in [0.2, 0.25) is 0 Å². The summed E-state index contributed by atoms with van der Waals surface area (Å²) >= 11 is 1.60. The lowest BCUT2D eigenvalue weighted by Crippen LogP contribution is -2.39. The fourth-order valence-electron chi connectivity index (χ4n) is 2.67. The van der Waals surface area contributed by atoms with Crippen LogP contribution < -0.4 is 5.56 Å². The molecule has 0 aliphatic carbocycles. The van der Waals surface area contributed by atoms with Crippen LogP contribution in [0.15, 0.2) is 28.6 Å². The molecule has 4 rings (SSSR count). The summed E-state index contributed by atoms with van der Waals surface area (Å²) in [5.74, 6) is -0.0499. The minimum absolute atomic E-state index is 0.0499. The van der Waals surface area contributed by atoms with Crippen molar-refractivity contribution in [3.63, 3.8) is 0 Å². The second-order valence-corrected chi connectivity index (χ2v) is 5.96. The fraction of sp³-hybridized carbons (Fsp3) is 0.214. The van der Waals surface area contributed by atoms with Gasteiger partial charge in [0.1, 0.15) is 5.69 Å². The number of H-pyrrole nitrogens is 2. The maximum Gasteiger partial charge on any atom is 0.270 e. The maximum atomic E-state index is 12.5. The summed E-state index contributed by atoms with van der Waals surface area (Å²) in [4.78, 5) is 35.9. The Labute approximate surface area is 123 Å². The van der Waals surface area contributed by atoms with Gasteiger partial charge in [0.2, 0.25) is 0 Å². The minimum atomic E-state index is -0.104. The Balaban J connectivity index is 1.64. The van der Waals surface area contributed by atoms with Crippen LogP contribution in [0.4, 0.5) is 0 Å². The average molecular weight is 300 g/mol. The summed E-state index contributed by atoms with van der Waals surface area (Å²) in [6.07, 6.45) is 1.93. The van der Waals surface area contributed by atoms with Crippen LogP contribution in [0.1, 0.15) is 21.7 Å². The zero-order chi connectivity index (χ0) is 14.4. The third kappa shape index (κ3) is 1.97. The van der Waals surface area contributed by atoms with E-state index in [1.54, 1.807) is 16.2 Å². The quantitative estimate of drug-likeness (QED) is 0.714. The van der Waals surface area contributed by atoms with Gasteiger partial charge in [-0.05, 0) is 23.9 Å². The van der Waals surface area contributed by atoms with Crippen molar-refractivity contribution in [3.05, 3.63) is 51.1 Å². The first-order chi connectivity index (χ1) is 10.2. The van der Waals surface area contributed by atoms with E-state index in [1.165, 1.54) is 6.33 Å². The molecule has 6 nitrogen and oxygen atoms in total. The second-order valence-electron chi connectivity index (χ2n) is 5.02. The van der Waals surface area contributed by atoms with Gasteiger partial charge in [0.05, 0.1) is 28.8 Å². The molecule has 2 N–H and O–H groups in total. The third-order valence-corrected chi connectivity index (χ3v) is 4.63. The molecule has 0 bridgehead atoms. The summed E-state index contributed by atoms with van der Waals surface area (Å²) in [6.45, 7) is 0.915. The lowest BCUT2D eigenvalue weighted by atomic mass is 10.1. The van der Waals surface area contributed by atoms with Crippen LogP contribution in [-0.4, -0.2) is 32.3 Å². The van der Waals surface area contributed by atoms with Gasteiger partial charge in [-0.15, -0.1) is 11.3 Å². The Morgan fingerprint density at radius 2 is 2.33 bits per heavy atom. The van der Waals surface area contributed by atoms with Gasteiger partial charge in [0.15, 0.2) is 0 Å². The number of fused-ring (bicyclic) bond motifs is 2. The van der Waals surface area contributed by atoms with Crippen molar-refractivity contribution in [2.24, 2.45) is 0 Å². The fourth-order valence-corrected chi connectivity index (χ4v) is 3.46. The van der Waals surface area contributed by atoms with Crippen LogP contribution in [0.5, 0.6) is 0 Å². The highest BCUT2D eigenvalue weighted by molar-refractivity contribution is 7.17. The van der Waals surface area contributed by atoms with E-state index in [2.05, 4.69) is 15.0 Å². The standard InChI is InChI=1S/C14H12N4O2S/c19-13-8-1-3-18(6-11(8)15-7-16-13)14(20)10-5-12-9(17-10)2-4-21-12/h2,4-5,7,17H,1,3,6H2,(H,15,16,19). The normalized spacial score (nSPS) is 14.4. The Bertz CT molecular complexity index is 863. The van der Waals surface area contributed by atoms with Crippen molar-refractivity contribution >= 4 is 27.5 Å². The highest BCUT2D eigenvalue weighted by atomic mass is 32.1. The monoisotopic (exact) mass is 300 g/mol. The molecule has 0 aromatic carbocycles. The van der Waals surface area contributed by atoms with Crippen LogP contribution in [0.25, 0.3) is 10.2 Å². The van der Waals surface area contributed by atoms with Gasteiger partial charge in [-0.25, -0.2) is 4.98 Å². The molecular formula is C14H12N4O2S. The van der Waals surface area contributed by atoms with Crippen molar-refractivity contribution < 1.29 is 4.79 Å². The van der Waals surface area contributed by atoms with Gasteiger partial charge in [0, 0.05) is 12.1 Å². The first-order valence-electron chi connectivity index (χ1n) is 6.63. The van der Waals surface area contributed by atoms with E-state index in [-0.39, 0.29) is 11.5 Å². The second kappa shape index (κ2) is 4.56. The van der Waals surface area contributed by atoms with Crippen LogP contribution in [0, 0.1) is 0 Å². The summed E-state index contributed by atoms with van der Waals surface area (Å²) in [7, 11) is 0. The van der Waals surface area contributed by atoms with E-state index in [0.29, 0.717) is 36.5 Å². The predicted octanol–water partition coefficient (Wildman–Crippen LogP) is 1.51. The lowest BCUT2D eigenvalue weighted by molar-refractivity contribution is 0.0726. The van der Waals surface area contributed by atoms with Gasteiger partial charge in [-0.2, -0.15) is 0 Å². The van der Waals surface area contributed by atoms with E-state index in [1.807, 2.05) is 17.5 Å². The number of aromatic nitrogens is 3. The smallest absolute Gasteiger partial charge is 0.270 e. The Kier molecular flexibility index (Phi) is 2.68. The number of nitrogens with one attached hydrogen (secondary N) is 2. The van der Waals surface area contributed by atoms with Crippen molar-refractivity contribution in [1.82, 2.24) is 19.9 Å². The highest BCUT2D eigenvalue weighted by Crippen LogP contribution is 2.23. The van der Waals surface area contributed by atoms with E-state index in [0.717, 1.165) is 10.2 Å². The van der Waals surface area contributed by atoms with Gasteiger partial charge in [0.25, 0.3) is 11.5 Å². The first-order valence-corrected chi connectivity index (χ1v) is 7.51. The zero-order valence-corrected chi connectivity index (χ0v) is 11.9. The summed E-state index contributed by atoms with van der Waals surface area (Å²) in [5.41, 5.74) is 2.84. The molecule has 1 aliphatic heterocycles. The summed E-state index contributed by atoms with van der Waals surface area (Å²) < 4.78 is 1.07. The third-order valence-electron chi connectivity index (χ3n) is 3.77. The Morgan fingerprint density at radius 1 is 1.43 bits per heavy atom. The van der Waals surface area contributed by atoms with Crippen molar-refractivity contribution in [2.45, 2.75) is 13.0 Å². The predicted molar refractivity (Wildman–Crippen MR) is 79.5 cm³/mol. The van der Waals surface area contributed by atoms with Crippen molar-refractivity contribution in [2.75, 3.05) is 6.54 Å². The summed E-state index contributed by atoms with van der Waals surface area (Å²) in [6, 6.07) is 3.84. The van der Waals surface area contributed by atoms with Gasteiger partial charge < -0.3 is 14.9 Å². The molecule has 3 aromatic rings. The molecule has 4 heterocycles. The number of rotatable bonds is 1. The molecular weight excluding hydrogens is 288 g/mol. The van der Waals surface area contributed by atoms with E-state index >= 15 is 0 Å². The molecule has 7 heteroatoms. The van der Waals surface area contributed by atoms with Crippen LogP contribution in [0.3, 0.4) is 0 Å². The highest BCUT2D eigenvalue weighted by Gasteiger charge is 2.25. The maximum absolute atomic E-state index is 12.5.